The standard InChI is InChI=1S/C16H25NO/c1-3-17-15(9-6-13-4-5-13)12-14-7-10-16(18-2)11-8-14/h7-8,10-11,13,15,17H,3-6,9,12H2,1-2H3. The quantitative estimate of drug-likeness (QED) is 0.760. The van der Waals surface area contributed by atoms with Crippen molar-refractivity contribution in [1.29, 1.82) is 0 Å². The van der Waals surface area contributed by atoms with Crippen LogP contribution in [0.4, 0.5) is 0 Å². The number of likely N-dealkylation sites (N-methyl/N-ethyl adjacent to an activating group) is 1. The molecular weight excluding hydrogens is 222 g/mol. The maximum absolute atomic E-state index is 5.19. The van der Waals surface area contributed by atoms with Crippen LogP contribution in [-0.4, -0.2) is 19.7 Å². The van der Waals surface area contributed by atoms with E-state index >= 15 is 0 Å². The van der Waals surface area contributed by atoms with Gasteiger partial charge >= 0.3 is 0 Å². The molecule has 0 amide bonds. The molecule has 1 aliphatic rings. The molecule has 1 aromatic carbocycles. The Balaban J connectivity index is 1.84. The van der Waals surface area contributed by atoms with E-state index in [9.17, 15) is 0 Å². The second-order valence-electron chi connectivity index (χ2n) is 5.33. The minimum absolute atomic E-state index is 0.629. The first-order chi connectivity index (χ1) is 8.81. The van der Waals surface area contributed by atoms with Gasteiger partial charge in [-0.3, -0.25) is 0 Å². The highest BCUT2D eigenvalue weighted by Crippen LogP contribution is 2.34. The Morgan fingerprint density at radius 1 is 1.28 bits per heavy atom. The van der Waals surface area contributed by atoms with Crippen molar-refractivity contribution in [2.75, 3.05) is 13.7 Å². The van der Waals surface area contributed by atoms with Crippen molar-refractivity contribution in [2.45, 2.75) is 45.1 Å². The molecule has 0 bridgehead atoms. The number of hydrogen-bond donors (Lipinski definition) is 1. The van der Waals surface area contributed by atoms with E-state index in [0.29, 0.717) is 6.04 Å². The summed E-state index contributed by atoms with van der Waals surface area (Å²) in [5.41, 5.74) is 1.40. The first kappa shape index (κ1) is 13.4. The smallest absolute Gasteiger partial charge is 0.118 e. The van der Waals surface area contributed by atoms with E-state index in [4.69, 9.17) is 4.74 Å². The van der Waals surface area contributed by atoms with E-state index in [0.717, 1.165) is 24.6 Å². The monoisotopic (exact) mass is 247 g/mol. The molecular formula is C16H25NO. The summed E-state index contributed by atoms with van der Waals surface area (Å²) in [6.45, 7) is 3.25. The number of ether oxygens (including phenoxy) is 1. The Labute approximate surface area is 111 Å². The van der Waals surface area contributed by atoms with Crippen LogP contribution in [0.15, 0.2) is 24.3 Å². The summed E-state index contributed by atoms with van der Waals surface area (Å²) in [7, 11) is 1.71. The van der Waals surface area contributed by atoms with Crippen LogP contribution in [0.2, 0.25) is 0 Å². The second-order valence-corrected chi connectivity index (χ2v) is 5.33. The lowest BCUT2D eigenvalue weighted by molar-refractivity contribution is 0.414. The zero-order valence-electron chi connectivity index (χ0n) is 11.6. The van der Waals surface area contributed by atoms with Crippen LogP contribution < -0.4 is 10.1 Å². The third-order valence-electron chi connectivity index (χ3n) is 3.75. The fraction of sp³-hybridized carbons (Fsp3) is 0.625. The van der Waals surface area contributed by atoms with E-state index in [-0.39, 0.29) is 0 Å². The lowest BCUT2D eigenvalue weighted by atomic mass is 10.0. The maximum atomic E-state index is 5.19. The fourth-order valence-corrected chi connectivity index (χ4v) is 2.45. The van der Waals surface area contributed by atoms with Crippen LogP contribution >= 0.6 is 0 Å². The minimum Gasteiger partial charge on any atom is -0.497 e. The zero-order chi connectivity index (χ0) is 12.8. The van der Waals surface area contributed by atoms with E-state index in [1.54, 1.807) is 7.11 Å². The maximum Gasteiger partial charge on any atom is 0.118 e. The molecule has 100 valence electrons. The lowest BCUT2D eigenvalue weighted by Gasteiger charge is -2.18. The number of hydrogen-bond acceptors (Lipinski definition) is 2. The molecule has 2 rings (SSSR count). The van der Waals surface area contributed by atoms with Crippen molar-refractivity contribution in [1.82, 2.24) is 5.32 Å². The Morgan fingerprint density at radius 3 is 2.56 bits per heavy atom. The predicted octanol–water partition coefficient (Wildman–Crippen LogP) is 3.41. The van der Waals surface area contributed by atoms with Gasteiger partial charge < -0.3 is 10.1 Å². The average molecular weight is 247 g/mol. The Kier molecular flexibility index (Phi) is 5.06. The van der Waals surface area contributed by atoms with Crippen LogP contribution in [0.3, 0.4) is 0 Å². The molecule has 1 atom stereocenters. The van der Waals surface area contributed by atoms with Crippen LogP contribution in [0.25, 0.3) is 0 Å². The molecule has 2 nitrogen and oxygen atoms in total. The van der Waals surface area contributed by atoms with Gasteiger partial charge in [-0.25, -0.2) is 0 Å². The van der Waals surface area contributed by atoms with Gasteiger partial charge in [-0.05, 0) is 49.4 Å². The molecule has 1 N–H and O–H groups in total. The molecule has 1 aliphatic carbocycles. The predicted molar refractivity (Wildman–Crippen MR) is 76.1 cm³/mol. The molecule has 0 spiro atoms. The Bertz CT molecular complexity index is 343. The molecule has 1 aromatic rings. The molecule has 0 aliphatic heterocycles. The molecule has 0 radical (unpaired) electrons. The Morgan fingerprint density at radius 2 is 2.00 bits per heavy atom. The summed E-state index contributed by atoms with van der Waals surface area (Å²) < 4.78 is 5.19. The fourth-order valence-electron chi connectivity index (χ4n) is 2.45. The van der Waals surface area contributed by atoms with Gasteiger partial charge in [0.2, 0.25) is 0 Å². The largest absolute Gasteiger partial charge is 0.497 e. The van der Waals surface area contributed by atoms with Gasteiger partial charge in [0.15, 0.2) is 0 Å². The summed E-state index contributed by atoms with van der Waals surface area (Å²) in [6.07, 6.45) is 6.76. The highest BCUT2D eigenvalue weighted by molar-refractivity contribution is 5.27. The van der Waals surface area contributed by atoms with Crippen molar-refractivity contribution in [3.63, 3.8) is 0 Å². The van der Waals surface area contributed by atoms with Crippen molar-refractivity contribution < 1.29 is 4.74 Å². The summed E-state index contributed by atoms with van der Waals surface area (Å²) in [4.78, 5) is 0. The summed E-state index contributed by atoms with van der Waals surface area (Å²) in [6, 6.07) is 9.10. The van der Waals surface area contributed by atoms with E-state index in [2.05, 4.69) is 36.5 Å². The normalized spacial score (nSPS) is 16.6. The SMILES string of the molecule is CCNC(CCC1CC1)Cc1ccc(OC)cc1. The third kappa shape index (κ3) is 4.34. The molecule has 0 heterocycles. The van der Waals surface area contributed by atoms with E-state index < -0.39 is 0 Å². The van der Waals surface area contributed by atoms with Crippen LogP contribution in [0, 0.1) is 5.92 Å². The number of nitrogens with one attached hydrogen (secondary N) is 1. The van der Waals surface area contributed by atoms with Gasteiger partial charge in [0.1, 0.15) is 5.75 Å². The minimum atomic E-state index is 0.629. The van der Waals surface area contributed by atoms with Gasteiger partial charge in [-0.2, -0.15) is 0 Å². The molecule has 1 saturated carbocycles. The summed E-state index contributed by atoms with van der Waals surface area (Å²) in [5.74, 6) is 1.97. The Hall–Kier alpha value is -1.02. The van der Waals surface area contributed by atoms with Crippen LogP contribution in [0.5, 0.6) is 5.75 Å². The highest BCUT2D eigenvalue weighted by Gasteiger charge is 2.22. The molecule has 2 heteroatoms. The zero-order valence-corrected chi connectivity index (χ0v) is 11.6. The van der Waals surface area contributed by atoms with Gasteiger partial charge in [0, 0.05) is 6.04 Å². The first-order valence-corrected chi connectivity index (χ1v) is 7.18. The van der Waals surface area contributed by atoms with Gasteiger partial charge in [0.25, 0.3) is 0 Å². The first-order valence-electron chi connectivity index (χ1n) is 7.18. The van der Waals surface area contributed by atoms with Gasteiger partial charge in [-0.1, -0.05) is 31.9 Å². The van der Waals surface area contributed by atoms with Crippen LogP contribution in [0.1, 0.15) is 38.2 Å². The molecule has 18 heavy (non-hydrogen) atoms. The van der Waals surface area contributed by atoms with Gasteiger partial charge in [-0.15, -0.1) is 0 Å². The highest BCUT2D eigenvalue weighted by atomic mass is 16.5. The van der Waals surface area contributed by atoms with Crippen molar-refractivity contribution >= 4 is 0 Å². The summed E-state index contributed by atoms with van der Waals surface area (Å²) in [5, 5.41) is 3.61. The average Bonchev–Trinajstić information content (AvgIpc) is 3.21. The molecule has 0 saturated heterocycles. The number of methoxy groups -OCH3 is 1. The summed E-state index contributed by atoms with van der Waals surface area (Å²) >= 11 is 0. The topological polar surface area (TPSA) is 21.3 Å². The number of rotatable bonds is 8. The lowest BCUT2D eigenvalue weighted by Crippen LogP contribution is -2.31. The van der Waals surface area contributed by atoms with E-state index in [1.807, 2.05) is 0 Å². The second kappa shape index (κ2) is 6.79. The van der Waals surface area contributed by atoms with Gasteiger partial charge in [0.05, 0.1) is 7.11 Å². The van der Waals surface area contributed by atoms with Crippen molar-refractivity contribution in [3.05, 3.63) is 29.8 Å². The van der Waals surface area contributed by atoms with Crippen molar-refractivity contribution in [3.8, 4) is 5.75 Å². The van der Waals surface area contributed by atoms with Crippen molar-refractivity contribution in [2.24, 2.45) is 5.92 Å². The molecule has 0 aromatic heterocycles. The van der Waals surface area contributed by atoms with E-state index in [1.165, 1.54) is 31.2 Å². The molecule has 1 fully saturated rings. The van der Waals surface area contributed by atoms with Crippen LogP contribution in [-0.2, 0) is 6.42 Å². The number of benzene rings is 1. The molecule has 1 unspecified atom stereocenters. The third-order valence-corrected chi connectivity index (χ3v) is 3.75.